The Morgan fingerprint density at radius 1 is 1.17 bits per heavy atom. The van der Waals surface area contributed by atoms with Crippen molar-refractivity contribution in [2.75, 3.05) is 51.6 Å². The monoisotopic (exact) mass is 361 g/mol. The zero-order valence-corrected chi connectivity index (χ0v) is 16.3. The largest absolute Gasteiger partial charge is 0.357 e. The molecule has 0 bridgehead atoms. The molecule has 1 aliphatic heterocycles. The van der Waals surface area contributed by atoms with Gasteiger partial charge in [-0.3, -0.25) is 4.99 Å². The molecule has 1 saturated heterocycles. The topological polar surface area (TPSA) is 85.8 Å². The lowest BCUT2D eigenvalue weighted by Crippen LogP contribution is -2.42. The van der Waals surface area contributed by atoms with Gasteiger partial charge in [-0.1, -0.05) is 6.92 Å². The predicted molar refractivity (Wildman–Crippen MR) is 101 cm³/mol. The number of guanidine groups is 1. The number of nitrogens with one attached hydrogen (secondary N) is 3. The van der Waals surface area contributed by atoms with Crippen LogP contribution in [-0.2, 0) is 10.0 Å². The quantitative estimate of drug-likeness (QED) is 0.301. The minimum Gasteiger partial charge on any atom is -0.357 e. The van der Waals surface area contributed by atoms with Crippen molar-refractivity contribution in [1.82, 2.24) is 20.3 Å². The van der Waals surface area contributed by atoms with Crippen molar-refractivity contribution in [3.63, 3.8) is 0 Å². The van der Waals surface area contributed by atoms with E-state index in [2.05, 4.69) is 32.2 Å². The van der Waals surface area contributed by atoms with Gasteiger partial charge < -0.3 is 15.5 Å². The zero-order valence-electron chi connectivity index (χ0n) is 15.5. The van der Waals surface area contributed by atoms with Crippen LogP contribution >= 0.6 is 0 Å². The molecule has 0 spiro atoms. The lowest BCUT2D eigenvalue weighted by Gasteiger charge is -2.29. The van der Waals surface area contributed by atoms with E-state index in [-0.39, 0.29) is 5.75 Å². The van der Waals surface area contributed by atoms with Crippen LogP contribution in [0.5, 0.6) is 0 Å². The van der Waals surface area contributed by atoms with Crippen LogP contribution in [0.25, 0.3) is 0 Å². The van der Waals surface area contributed by atoms with E-state index < -0.39 is 10.0 Å². The number of hydrogen-bond donors (Lipinski definition) is 3. The van der Waals surface area contributed by atoms with Crippen molar-refractivity contribution in [3.8, 4) is 0 Å². The van der Waals surface area contributed by atoms with Crippen LogP contribution in [0, 0.1) is 5.92 Å². The molecule has 3 N–H and O–H groups in total. The van der Waals surface area contributed by atoms with Gasteiger partial charge in [0.05, 0.1) is 5.75 Å². The van der Waals surface area contributed by atoms with Crippen molar-refractivity contribution in [1.29, 1.82) is 0 Å². The van der Waals surface area contributed by atoms with Gasteiger partial charge in [-0.15, -0.1) is 0 Å². The van der Waals surface area contributed by atoms with E-state index in [4.69, 9.17) is 0 Å². The van der Waals surface area contributed by atoms with Gasteiger partial charge in [0, 0.05) is 26.2 Å². The predicted octanol–water partition coefficient (Wildman–Crippen LogP) is 0.603. The molecule has 1 aliphatic rings. The molecule has 0 aromatic heterocycles. The van der Waals surface area contributed by atoms with Crippen molar-refractivity contribution in [3.05, 3.63) is 0 Å². The molecule has 1 fully saturated rings. The summed E-state index contributed by atoms with van der Waals surface area (Å²) in [5, 5.41) is 6.35. The Morgan fingerprint density at radius 3 is 2.50 bits per heavy atom. The van der Waals surface area contributed by atoms with Gasteiger partial charge in [0.2, 0.25) is 10.0 Å². The fraction of sp³-hybridized carbons (Fsp3) is 0.938. The Labute approximate surface area is 147 Å². The van der Waals surface area contributed by atoms with E-state index in [1.807, 2.05) is 6.92 Å². The Balaban J connectivity index is 2.21. The zero-order chi connectivity index (χ0) is 17.8. The number of rotatable bonds is 10. The first-order valence-corrected chi connectivity index (χ1v) is 10.8. The summed E-state index contributed by atoms with van der Waals surface area (Å²) in [5.74, 6) is 1.73. The van der Waals surface area contributed by atoms with E-state index in [0.717, 1.165) is 37.9 Å². The first-order valence-electron chi connectivity index (χ1n) is 9.18. The molecule has 0 aliphatic carbocycles. The minimum absolute atomic E-state index is 0.108. The molecule has 0 amide bonds. The Bertz CT molecular complexity index is 459. The van der Waals surface area contributed by atoms with Gasteiger partial charge in [0.15, 0.2) is 5.96 Å². The number of nitrogens with zero attached hydrogens (tertiary/aromatic N) is 2. The summed E-state index contributed by atoms with van der Waals surface area (Å²) in [6.07, 6.45) is 3.66. The fourth-order valence-electron chi connectivity index (χ4n) is 2.60. The van der Waals surface area contributed by atoms with Gasteiger partial charge >= 0.3 is 0 Å². The highest BCUT2D eigenvalue weighted by molar-refractivity contribution is 7.89. The van der Waals surface area contributed by atoms with Crippen LogP contribution < -0.4 is 15.4 Å². The lowest BCUT2D eigenvalue weighted by atomic mass is 9.99. The highest BCUT2D eigenvalue weighted by Gasteiger charge is 2.14. The molecule has 0 unspecified atom stereocenters. The maximum atomic E-state index is 11.4. The highest BCUT2D eigenvalue weighted by Crippen LogP contribution is 2.15. The number of likely N-dealkylation sites (tertiary alicyclic amines) is 1. The van der Waals surface area contributed by atoms with Crippen molar-refractivity contribution in [2.24, 2.45) is 10.9 Å². The SMILES string of the molecule is CCNC(=NCCCN1CCC(C)CC1)NCCNS(=O)(=O)CC. The van der Waals surface area contributed by atoms with Gasteiger partial charge in [-0.25, -0.2) is 13.1 Å². The van der Waals surface area contributed by atoms with Crippen molar-refractivity contribution >= 4 is 16.0 Å². The molecule has 7 nitrogen and oxygen atoms in total. The second-order valence-corrected chi connectivity index (χ2v) is 8.46. The molecular formula is C16H35N5O2S. The average molecular weight is 362 g/mol. The first kappa shape index (κ1) is 21.2. The summed E-state index contributed by atoms with van der Waals surface area (Å²) in [6, 6.07) is 0. The first-order chi connectivity index (χ1) is 11.5. The summed E-state index contributed by atoms with van der Waals surface area (Å²) < 4.78 is 25.3. The van der Waals surface area contributed by atoms with Crippen LogP contribution in [0.3, 0.4) is 0 Å². The van der Waals surface area contributed by atoms with Gasteiger partial charge in [-0.05, 0) is 58.7 Å². The third kappa shape index (κ3) is 9.44. The molecule has 0 aromatic carbocycles. The summed E-state index contributed by atoms with van der Waals surface area (Å²) in [7, 11) is -3.12. The average Bonchev–Trinajstić information content (AvgIpc) is 2.57. The van der Waals surface area contributed by atoms with E-state index in [9.17, 15) is 8.42 Å². The number of piperidine rings is 1. The molecule has 1 heterocycles. The minimum atomic E-state index is -3.12. The standard InChI is InChI=1S/C16H35N5O2S/c1-4-17-16(19-10-11-20-24(22,23)5-2)18-9-6-12-21-13-7-15(3)8-14-21/h15,20H,4-14H2,1-3H3,(H2,17,18,19). The van der Waals surface area contributed by atoms with Gasteiger partial charge in [0.25, 0.3) is 0 Å². The van der Waals surface area contributed by atoms with Crippen molar-refractivity contribution in [2.45, 2.75) is 40.0 Å². The lowest BCUT2D eigenvalue weighted by molar-refractivity contribution is 0.192. The smallest absolute Gasteiger partial charge is 0.211 e. The van der Waals surface area contributed by atoms with Crippen LogP contribution in [-0.4, -0.2) is 70.8 Å². The molecule has 0 aromatic rings. The van der Waals surface area contributed by atoms with Crippen LogP contribution in [0.15, 0.2) is 4.99 Å². The van der Waals surface area contributed by atoms with Crippen LogP contribution in [0.4, 0.5) is 0 Å². The molecule has 0 radical (unpaired) electrons. The third-order valence-electron chi connectivity index (χ3n) is 4.24. The fourth-order valence-corrected chi connectivity index (χ4v) is 3.22. The van der Waals surface area contributed by atoms with E-state index in [1.165, 1.54) is 25.9 Å². The number of hydrogen-bond acceptors (Lipinski definition) is 4. The molecule has 0 saturated carbocycles. The Morgan fingerprint density at radius 2 is 1.88 bits per heavy atom. The Kier molecular flexibility index (Phi) is 10.3. The third-order valence-corrected chi connectivity index (χ3v) is 5.65. The van der Waals surface area contributed by atoms with Gasteiger partial charge in [0.1, 0.15) is 0 Å². The maximum absolute atomic E-state index is 11.4. The molecule has 1 rings (SSSR count). The summed E-state index contributed by atoms with van der Waals surface area (Å²) >= 11 is 0. The van der Waals surface area contributed by atoms with Gasteiger partial charge in [-0.2, -0.15) is 0 Å². The van der Waals surface area contributed by atoms with Crippen molar-refractivity contribution < 1.29 is 8.42 Å². The Hall–Kier alpha value is -0.860. The normalized spacial score (nSPS) is 17.9. The molecule has 0 atom stereocenters. The summed E-state index contributed by atoms with van der Waals surface area (Å²) in [4.78, 5) is 7.08. The molecular weight excluding hydrogens is 326 g/mol. The highest BCUT2D eigenvalue weighted by atomic mass is 32.2. The summed E-state index contributed by atoms with van der Waals surface area (Å²) in [5.41, 5.74) is 0. The maximum Gasteiger partial charge on any atom is 0.211 e. The molecule has 8 heteroatoms. The second kappa shape index (κ2) is 11.7. The molecule has 142 valence electrons. The molecule has 24 heavy (non-hydrogen) atoms. The second-order valence-electron chi connectivity index (χ2n) is 6.36. The summed E-state index contributed by atoms with van der Waals surface area (Å²) in [6.45, 7) is 12.0. The number of aliphatic imine (C=N–C) groups is 1. The number of sulfonamides is 1. The van der Waals surface area contributed by atoms with E-state index in [0.29, 0.717) is 13.1 Å². The van der Waals surface area contributed by atoms with Crippen LogP contribution in [0.2, 0.25) is 0 Å². The van der Waals surface area contributed by atoms with Crippen LogP contribution in [0.1, 0.15) is 40.0 Å². The van der Waals surface area contributed by atoms with E-state index >= 15 is 0 Å². The van der Waals surface area contributed by atoms with E-state index in [1.54, 1.807) is 6.92 Å².